The molecule has 2 aromatic rings. The van der Waals surface area contributed by atoms with Crippen molar-refractivity contribution in [2.75, 3.05) is 6.61 Å². The van der Waals surface area contributed by atoms with Crippen LogP contribution < -0.4 is 0 Å². The summed E-state index contributed by atoms with van der Waals surface area (Å²) < 4.78 is 5.82. The Morgan fingerprint density at radius 1 is 0.958 bits per heavy atom. The number of rotatable bonds is 8. The maximum atomic E-state index is 12.5. The Kier molecular flexibility index (Phi) is 6.97. The fraction of sp³-hybridized carbons (Fsp3) is 0.350. The third-order valence-corrected chi connectivity index (χ3v) is 3.96. The predicted octanol–water partition coefficient (Wildman–Crippen LogP) is 4.47. The zero-order valence-corrected chi connectivity index (χ0v) is 14.1. The van der Waals surface area contributed by atoms with Crippen molar-refractivity contribution in [1.82, 2.24) is 0 Å². The van der Waals surface area contributed by atoms with Crippen LogP contribution in [-0.4, -0.2) is 17.8 Å². The van der Waals surface area contributed by atoms with Crippen LogP contribution >= 0.6 is 0 Å². The molecule has 0 aromatic heterocycles. The van der Waals surface area contributed by atoms with Crippen molar-refractivity contribution in [1.29, 1.82) is 0 Å². The maximum Gasteiger partial charge on any atom is 0.309 e. The minimum atomic E-state index is -0.424. The smallest absolute Gasteiger partial charge is 0.309 e. The van der Waals surface area contributed by atoms with E-state index in [1.807, 2.05) is 74.5 Å². The monoisotopic (exact) mass is 328 g/mol. The Labute approximate surface area is 143 Å². The average molecular weight is 328 g/mol. The molecule has 0 saturated carbocycles. The van der Waals surface area contributed by atoms with Crippen molar-refractivity contribution in [3.8, 4) is 0 Å². The Balaban J connectivity index is 2.13. The molecule has 0 radical (unpaired) electrons. The highest BCUT2D eigenvalue weighted by molar-refractivity contribution is 5.72. The minimum Gasteiger partial charge on any atom is -0.452 e. The number of esters is 1. The largest absolute Gasteiger partial charge is 0.452 e. The minimum absolute atomic E-state index is 0.0736. The molecule has 2 unspecified atom stereocenters. The van der Waals surface area contributed by atoms with E-state index in [-0.39, 0.29) is 24.4 Å². The summed E-state index contributed by atoms with van der Waals surface area (Å²) in [6.07, 6.45) is 0.169. The molecule has 0 aliphatic rings. The first-order chi connectivity index (χ1) is 11.6. The molecule has 0 spiro atoms. The van der Waals surface area contributed by atoms with E-state index >= 15 is 0 Å². The lowest BCUT2D eigenvalue weighted by Crippen LogP contribution is -2.21. The highest BCUT2D eigenvalue weighted by Gasteiger charge is 2.24. The summed E-state index contributed by atoms with van der Waals surface area (Å²) >= 11 is 0. The highest BCUT2D eigenvalue weighted by Crippen LogP contribution is 2.27. The summed E-state index contributed by atoms with van der Waals surface area (Å²) in [5.41, 5.74) is 1.88. The molecule has 2 rings (SSSR count). The lowest BCUT2D eigenvalue weighted by Gasteiger charge is -2.22. The predicted molar refractivity (Wildman–Crippen MR) is 92.3 cm³/mol. The molecular weight excluding hydrogens is 304 g/mol. The summed E-state index contributed by atoms with van der Waals surface area (Å²) in [5.74, 6) is -0.452. The standard InChI is InChI=1S/C20H24O4/c1-15(14-23-22)13-16(2)20(21)24-19(17-9-5-3-6-10-17)18-11-7-4-8-12-18/h3-12,15-16,19,22H,13-14H2,1-2H3. The van der Waals surface area contributed by atoms with Gasteiger partial charge in [0, 0.05) is 0 Å². The summed E-state index contributed by atoms with van der Waals surface area (Å²) in [5, 5.41) is 8.51. The molecular formula is C20H24O4. The number of ether oxygens (including phenoxy) is 1. The van der Waals surface area contributed by atoms with Crippen LogP contribution in [0.5, 0.6) is 0 Å². The Bertz CT molecular complexity index is 573. The highest BCUT2D eigenvalue weighted by atomic mass is 17.1. The van der Waals surface area contributed by atoms with Gasteiger partial charge in [0.1, 0.15) is 0 Å². The summed E-state index contributed by atoms with van der Waals surface area (Å²) in [4.78, 5) is 16.7. The number of benzene rings is 2. The first-order valence-corrected chi connectivity index (χ1v) is 8.18. The molecule has 128 valence electrons. The van der Waals surface area contributed by atoms with Crippen LogP contribution in [0.1, 0.15) is 37.5 Å². The molecule has 2 aromatic carbocycles. The lowest BCUT2D eigenvalue weighted by atomic mass is 9.97. The normalized spacial score (nSPS) is 13.5. The van der Waals surface area contributed by atoms with Crippen LogP contribution in [0.4, 0.5) is 0 Å². The van der Waals surface area contributed by atoms with Gasteiger partial charge < -0.3 is 4.74 Å². The number of hydrogen-bond acceptors (Lipinski definition) is 4. The summed E-state index contributed by atoms with van der Waals surface area (Å²) in [7, 11) is 0. The van der Waals surface area contributed by atoms with Gasteiger partial charge in [-0.05, 0) is 23.5 Å². The van der Waals surface area contributed by atoms with Crippen LogP contribution in [-0.2, 0) is 14.4 Å². The van der Waals surface area contributed by atoms with Crippen molar-refractivity contribution in [2.24, 2.45) is 11.8 Å². The van der Waals surface area contributed by atoms with Gasteiger partial charge in [0.25, 0.3) is 0 Å². The van der Waals surface area contributed by atoms with Gasteiger partial charge in [-0.25, -0.2) is 4.89 Å². The molecule has 24 heavy (non-hydrogen) atoms. The summed E-state index contributed by atoms with van der Waals surface area (Å²) in [6.45, 7) is 3.97. The van der Waals surface area contributed by atoms with Gasteiger partial charge in [0.05, 0.1) is 12.5 Å². The van der Waals surface area contributed by atoms with E-state index in [0.717, 1.165) is 11.1 Å². The van der Waals surface area contributed by atoms with Gasteiger partial charge in [-0.3, -0.25) is 10.1 Å². The quantitative estimate of drug-likeness (QED) is 0.441. The second-order valence-electron chi connectivity index (χ2n) is 6.18. The van der Waals surface area contributed by atoms with Crippen molar-refractivity contribution < 1.29 is 19.7 Å². The Morgan fingerprint density at radius 3 is 1.92 bits per heavy atom. The molecule has 0 bridgehead atoms. The van der Waals surface area contributed by atoms with Gasteiger partial charge in [0.2, 0.25) is 0 Å². The van der Waals surface area contributed by atoms with Crippen molar-refractivity contribution in [3.63, 3.8) is 0 Å². The number of carbonyl (C=O) groups is 1. The molecule has 1 N–H and O–H groups in total. The molecule has 0 fully saturated rings. The van der Waals surface area contributed by atoms with Crippen LogP contribution in [0.2, 0.25) is 0 Å². The summed E-state index contributed by atoms with van der Waals surface area (Å²) in [6, 6.07) is 19.4. The van der Waals surface area contributed by atoms with Crippen LogP contribution in [0, 0.1) is 11.8 Å². The first kappa shape index (κ1) is 18.2. The average Bonchev–Trinajstić information content (AvgIpc) is 2.61. The molecule has 0 amide bonds. The zero-order chi connectivity index (χ0) is 17.4. The van der Waals surface area contributed by atoms with Gasteiger partial charge >= 0.3 is 5.97 Å². The van der Waals surface area contributed by atoms with E-state index < -0.39 is 6.10 Å². The third kappa shape index (κ3) is 5.18. The third-order valence-electron chi connectivity index (χ3n) is 3.96. The molecule has 0 aliphatic carbocycles. The SMILES string of the molecule is CC(COO)CC(C)C(=O)OC(c1ccccc1)c1ccccc1. The number of carbonyl (C=O) groups excluding carboxylic acids is 1. The van der Waals surface area contributed by atoms with E-state index in [4.69, 9.17) is 9.99 Å². The lowest BCUT2D eigenvalue weighted by molar-refractivity contribution is -0.250. The van der Waals surface area contributed by atoms with Gasteiger partial charge in [-0.1, -0.05) is 74.5 Å². The number of hydrogen-bond donors (Lipinski definition) is 1. The van der Waals surface area contributed by atoms with E-state index in [1.165, 1.54) is 0 Å². The van der Waals surface area contributed by atoms with Crippen LogP contribution in [0.15, 0.2) is 60.7 Å². The van der Waals surface area contributed by atoms with E-state index in [1.54, 1.807) is 0 Å². The van der Waals surface area contributed by atoms with Crippen molar-refractivity contribution in [2.45, 2.75) is 26.4 Å². The Hall–Kier alpha value is -2.17. The fourth-order valence-corrected chi connectivity index (χ4v) is 2.71. The van der Waals surface area contributed by atoms with Crippen molar-refractivity contribution >= 4 is 5.97 Å². The zero-order valence-electron chi connectivity index (χ0n) is 14.1. The van der Waals surface area contributed by atoms with Crippen LogP contribution in [0.25, 0.3) is 0 Å². The van der Waals surface area contributed by atoms with Crippen molar-refractivity contribution in [3.05, 3.63) is 71.8 Å². The van der Waals surface area contributed by atoms with Crippen LogP contribution in [0.3, 0.4) is 0 Å². The van der Waals surface area contributed by atoms with E-state index in [9.17, 15) is 4.79 Å². The molecule has 4 nitrogen and oxygen atoms in total. The molecule has 4 heteroatoms. The molecule has 0 aliphatic heterocycles. The Morgan fingerprint density at radius 2 is 1.46 bits per heavy atom. The van der Waals surface area contributed by atoms with Gasteiger partial charge in [0.15, 0.2) is 6.10 Å². The second kappa shape index (κ2) is 9.21. The van der Waals surface area contributed by atoms with Gasteiger partial charge in [-0.15, -0.1) is 0 Å². The van der Waals surface area contributed by atoms with Gasteiger partial charge in [-0.2, -0.15) is 0 Å². The fourth-order valence-electron chi connectivity index (χ4n) is 2.71. The second-order valence-corrected chi connectivity index (χ2v) is 6.18. The first-order valence-electron chi connectivity index (χ1n) is 8.18. The molecule has 0 saturated heterocycles. The molecule has 2 atom stereocenters. The van der Waals surface area contributed by atoms with E-state index in [0.29, 0.717) is 6.42 Å². The maximum absolute atomic E-state index is 12.5. The molecule has 0 heterocycles. The van der Waals surface area contributed by atoms with E-state index in [2.05, 4.69) is 4.89 Å². The topological polar surface area (TPSA) is 55.8 Å².